The molecule has 1 fully saturated rings. The maximum absolute atomic E-state index is 13.0. The number of hydrogen-bond donors (Lipinski definition) is 0. The van der Waals surface area contributed by atoms with E-state index >= 15 is 0 Å². The SMILES string of the molecule is C=CCC(N=C)N1CC=CN=C1C(=O)COCc1cc(S(=O)(=O)N2CCCCC2)ccc1Cl. The fourth-order valence-corrected chi connectivity index (χ4v) is 5.52. The van der Waals surface area contributed by atoms with Gasteiger partial charge in [0.1, 0.15) is 12.8 Å². The first-order valence-electron chi connectivity index (χ1n) is 10.8. The average molecular weight is 493 g/mol. The first kappa shape index (κ1) is 25.3. The quantitative estimate of drug-likeness (QED) is 0.348. The summed E-state index contributed by atoms with van der Waals surface area (Å²) in [5, 5.41) is 0.376. The highest BCUT2D eigenvalue weighted by atomic mass is 35.5. The lowest BCUT2D eigenvalue weighted by molar-refractivity contribution is -0.118. The molecule has 0 saturated carbocycles. The summed E-state index contributed by atoms with van der Waals surface area (Å²) in [6.45, 7) is 8.58. The van der Waals surface area contributed by atoms with E-state index in [4.69, 9.17) is 16.3 Å². The van der Waals surface area contributed by atoms with Crippen molar-refractivity contribution in [2.45, 2.75) is 43.4 Å². The van der Waals surface area contributed by atoms with E-state index in [1.165, 1.54) is 16.4 Å². The van der Waals surface area contributed by atoms with E-state index in [0.29, 0.717) is 36.6 Å². The van der Waals surface area contributed by atoms with Crippen LogP contribution in [0.15, 0.2) is 58.0 Å². The van der Waals surface area contributed by atoms with E-state index in [-0.39, 0.29) is 35.9 Å². The molecule has 2 heterocycles. The van der Waals surface area contributed by atoms with E-state index in [0.717, 1.165) is 19.3 Å². The molecule has 0 spiro atoms. The molecule has 0 radical (unpaired) electrons. The number of Topliss-reactive ketones (excluding diaryl/α,β-unsaturated/α-hetero) is 1. The topological polar surface area (TPSA) is 91.6 Å². The number of benzene rings is 1. The highest BCUT2D eigenvalue weighted by Gasteiger charge is 2.27. The van der Waals surface area contributed by atoms with Crippen LogP contribution in [-0.2, 0) is 26.2 Å². The van der Waals surface area contributed by atoms with Crippen LogP contribution in [0.2, 0.25) is 5.02 Å². The second kappa shape index (κ2) is 11.7. The molecule has 33 heavy (non-hydrogen) atoms. The van der Waals surface area contributed by atoms with E-state index in [1.54, 1.807) is 23.2 Å². The Bertz CT molecular complexity index is 1050. The number of ether oxygens (including phenoxy) is 1. The minimum absolute atomic E-state index is 0.00710. The van der Waals surface area contributed by atoms with Crippen LogP contribution in [0.4, 0.5) is 0 Å². The molecule has 1 aromatic rings. The third-order valence-corrected chi connectivity index (χ3v) is 7.80. The van der Waals surface area contributed by atoms with E-state index < -0.39 is 10.0 Å². The molecular formula is C23H29ClN4O4S. The van der Waals surface area contributed by atoms with Gasteiger partial charge in [0.25, 0.3) is 0 Å². The van der Waals surface area contributed by atoms with Gasteiger partial charge in [-0.1, -0.05) is 24.1 Å². The highest BCUT2D eigenvalue weighted by molar-refractivity contribution is 7.89. The van der Waals surface area contributed by atoms with Crippen LogP contribution < -0.4 is 0 Å². The van der Waals surface area contributed by atoms with Crippen molar-refractivity contribution in [3.8, 4) is 0 Å². The van der Waals surface area contributed by atoms with Gasteiger partial charge in [-0.3, -0.25) is 9.79 Å². The molecule has 1 unspecified atom stereocenters. The lowest BCUT2D eigenvalue weighted by Gasteiger charge is -2.30. The molecule has 0 bridgehead atoms. The van der Waals surface area contributed by atoms with Gasteiger partial charge in [-0.25, -0.2) is 13.4 Å². The smallest absolute Gasteiger partial charge is 0.243 e. The normalized spacial score (nSPS) is 18.0. The number of carbonyl (C=O) groups excluding carboxylic acids is 1. The first-order chi connectivity index (χ1) is 15.9. The van der Waals surface area contributed by atoms with Gasteiger partial charge in [-0.15, -0.1) is 6.58 Å². The zero-order valence-corrected chi connectivity index (χ0v) is 20.1. The minimum atomic E-state index is -3.59. The third kappa shape index (κ3) is 6.17. The predicted octanol–water partition coefficient (Wildman–Crippen LogP) is 3.43. The van der Waals surface area contributed by atoms with Crippen molar-refractivity contribution in [2.24, 2.45) is 9.98 Å². The standard InChI is InChI=1S/C23H29ClN4O4S/c1-3-8-22(25-2)28-14-7-11-26-23(28)21(29)17-32-16-18-15-19(9-10-20(18)24)33(30,31)27-12-5-4-6-13-27/h3,7,9-11,15,22H,1-2,4-6,8,12-14,16-17H2. The molecule has 178 valence electrons. The zero-order chi connectivity index (χ0) is 23.8. The van der Waals surface area contributed by atoms with Crippen LogP contribution >= 0.6 is 11.6 Å². The zero-order valence-electron chi connectivity index (χ0n) is 18.5. The van der Waals surface area contributed by atoms with E-state index in [1.807, 2.05) is 6.08 Å². The lowest BCUT2D eigenvalue weighted by Crippen LogP contribution is -2.45. The Balaban J connectivity index is 1.66. The fraction of sp³-hybridized carbons (Fsp3) is 0.435. The van der Waals surface area contributed by atoms with Crippen molar-refractivity contribution < 1.29 is 17.9 Å². The fourth-order valence-electron chi connectivity index (χ4n) is 3.78. The van der Waals surface area contributed by atoms with Crippen molar-refractivity contribution >= 4 is 40.0 Å². The third-order valence-electron chi connectivity index (χ3n) is 5.53. The van der Waals surface area contributed by atoms with Gasteiger partial charge in [0.05, 0.1) is 11.5 Å². The molecule has 0 N–H and O–H groups in total. The number of aliphatic imine (C=N–C) groups is 2. The van der Waals surface area contributed by atoms with E-state index in [2.05, 4.69) is 23.3 Å². The summed E-state index contributed by atoms with van der Waals surface area (Å²) >= 11 is 6.27. The van der Waals surface area contributed by atoms with Gasteiger partial charge in [0.2, 0.25) is 15.8 Å². The molecule has 0 amide bonds. The summed E-state index contributed by atoms with van der Waals surface area (Å²) in [6, 6.07) is 4.57. The number of hydrogen-bond acceptors (Lipinski definition) is 7. The van der Waals surface area contributed by atoms with Crippen molar-refractivity contribution in [3.63, 3.8) is 0 Å². The Morgan fingerprint density at radius 3 is 2.76 bits per heavy atom. The number of halogens is 1. The largest absolute Gasteiger partial charge is 0.368 e. The molecule has 2 aliphatic rings. The Hall–Kier alpha value is -2.33. The maximum atomic E-state index is 13.0. The van der Waals surface area contributed by atoms with Crippen LogP contribution in [0.5, 0.6) is 0 Å². The number of sulfonamides is 1. The molecule has 1 aromatic carbocycles. The number of piperidine rings is 1. The van der Waals surface area contributed by atoms with Crippen LogP contribution in [0, 0.1) is 0 Å². The van der Waals surface area contributed by atoms with Crippen molar-refractivity contribution in [1.82, 2.24) is 9.21 Å². The lowest BCUT2D eigenvalue weighted by atomic mass is 10.2. The number of nitrogens with zero attached hydrogens (tertiary/aromatic N) is 4. The van der Waals surface area contributed by atoms with Gasteiger partial charge >= 0.3 is 0 Å². The molecule has 0 aliphatic carbocycles. The Morgan fingerprint density at radius 1 is 1.30 bits per heavy atom. The van der Waals surface area contributed by atoms with Crippen molar-refractivity contribution in [1.29, 1.82) is 0 Å². The Morgan fingerprint density at radius 2 is 2.06 bits per heavy atom. The highest BCUT2D eigenvalue weighted by Crippen LogP contribution is 2.25. The van der Waals surface area contributed by atoms with Gasteiger partial charge in [-0.05, 0) is 49.4 Å². The van der Waals surface area contributed by atoms with Gasteiger partial charge in [0.15, 0.2) is 5.84 Å². The second-order valence-corrected chi connectivity index (χ2v) is 10.2. The summed E-state index contributed by atoms with van der Waals surface area (Å²) in [7, 11) is -3.59. The van der Waals surface area contributed by atoms with Gasteiger partial charge in [-0.2, -0.15) is 4.31 Å². The summed E-state index contributed by atoms with van der Waals surface area (Å²) in [5.74, 6) is -0.0745. The maximum Gasteiger partial charge on any atom is 0.243 e. The summed E-state index contributed by atoms with van der Waals surface area (Å²) < 4.78 is 33.0. The molecule has 0 aromatic heterocycles. The monoisotopic (exact) mass is 492 g/mol. The van der Waals surface area contributed by atoms with E-state index in [9.17, 15) is 13.2 Å². The first-order valence-corrected chi connectivity index (χ1v) is 12.7. The summed E-state index contributed by atoms with van der Waals surface area (Å²) in [5.41, 5.74) is 0.502. The molecule has 10 heteroatoms. The Kier molecular flexibility index (Phi) is 8.96. The predicted molar refractivity (Wildman–Crippen MR) is 130 cm³/mol. The molecular weight excluding hydrogens is 464 g/mol. The summed E-state index contributed by atoms with van der Waals surface area (Å²) in [4.78, 5) is 23.0. The van der Waals surface area contributed by atoms with Gasteiger partial charge < -0.3 is 9.64 Å². The second-order valence-electron chi connectivity index (χ2n) is 7.81. The van der Waals surface area contributed by atoms with Crippen LogP contribution in [0.25, 0.3) is 0 Å². The molecule has 3 rings (SSSR count). The number of carbonyl (C=O) groups is 1. The van der Waals surface area contributed by atoms with Crippen LogP contribution in [0.3, 0.4) is 0 Å². The number of rotatable bonds is 11. The van der Waals surface area contributed by atoms with Crippen LogP contribution in [-0.4, -0.2) is 68.4 Å². The van der Waals surface area contributed by atoms with Crippen molar-refractivity contribution in [3.05, 3.63) is 53.7 Å². The van der Waals surface area contributed by atoms with Gasteiger partial charge in [0, 0.05) is 37.3 Å². The van der Waals surface area contributed by atoms with Crippen LogP contribution in [0.1, 0.15) is 31.2 Å². The Labute approximate surface area is 200 Å². The van der Waals surface area contributed by atoms with Crippen molar-refractivity contribution in [2.75, 3.05) is 26.2 Å². The minimum Gasteiger partial charge on any atom is -0.368 e. The average Bonchev–Trinajstić information content (AvgIpc) is 2.84. The molecule has 1 atom stereocenters. The molecule has 1 saturated heterocycles. The number of amidine groups is 1. The molecule has 8 nitrogen and oxygen atoms in total. The summed E-state index contributed by atoms with van der Waals surface area (Å²) in [6.07, 6.45) is 8.04. The number of ketones is 1. The molecule has 2 aliphatic heterocycles.